The lowest BCUT2D eigenvalue weighted by atomic mass is 10.0. The molecule has 1 aromatic carbocycles. The summed E-state index contributed by atoms with van der Waals surface area (Å²) in [5.41, 5.74) is 7.73. The van der Waals surface area contributed by atoms with E-state index >= 15 is 0 Å². The largest absolute Gasteiger partial charge is 0.380 e. The van der Waals surface area contributed by atoms with Gasteiger partial charge in [-0.25, -0.2) is 4.39 Å². The highest BCUT2D eigenvalue weighted by molar-refractivity contribution is 5.56. The molecule has 4 heteroatoms. The topological polar surface area (TPSA) is 38.5 Å². The molecule has 0 spiro atoms. The number of rotatable bonds is 5. The van der Waals surface area contributed by atoms with Gasteiger partial charge in [0, 0.05) is 26.2 Å². The Bertz CT molecular complexity index is 425. The van der Waals surface area contributed by atoms with Crippen molar-refractivity contribution in [2.45, 2.75) is 38.3 Å². The number of ether oxygens (including phenoxy) is 1. The van der Waals surface area contributed by atoms with E-state index in [2.05, 4.69) is 11.8 Å². The van der Waals surface area contributed by atoms with Gasteiger partial charge in [-0.15, -0.1) is 0 Å². The fourth-order valence-electron chi connectivity index (χ4n) is 2.63. The Morgan fingerprint density at radius 3 is 2.95 bits per heavy atom. The molecule has 0 amide bonds. The minimum Gasteiger partial charge on any atom is -0.380 e. The number of hydrogen-bond donors (Lipinski definition) is 1. The zero-order chi connectivity index (χ0) is 13.8. The molecule has 2 unspecified atom stereocenters. The number of benzene rings is 1. The van der Waals surface area contributed by atoms with Crippen molar-refractivity contribution < 1.29 is 9.13 Å². The van der Waals surface area contributed by atoms with E-state index in [1.165, 1.54) is 6.07 Å². The molecule has 2 atom stereocenters. The van der Waals surface area contributed by atoms with Crippen LogP contribution in [0, 0.1) is 5.82 Å². The number of nitrogens with two attached hydrogens (primary N) is 1. The molecule has 0 aromatic heterocycles. The first kappa shape index (κ1) is 14.3. The van der Waals surface area contributed by atoms with Crippen molar-refractivity contribution in [1.29, 1.82) is 0 Å². The van der Waals surface area contributed by atoms with Gasteiger partial charge in [0.25, 0.3) is 0 Å². The molecule has 3 nitrogen and oxygen atoms in total. The molecule has 1 saturated heterocycles. The van der Waals surface area contributed by atoms with Crippen LogP contribution in [0.1, 0.15) is 25.3 Å². The lowest BCUT2D eigenvalue weighted by Crippen LogP contribution is -2.27. The molecule has 1 heterocycles. The molecule has 1 aromatic rings. The maximum atomic E-state index is 14.2. The number of methoxy groups -OCH3 is 1. The molecule has 106 valence electrons. The van der Waals surface area contributed by atoms with Crippen molar-refractivity contribution in [3.63, 3.8) is 0 Å². The summed E-state index contributed by atoms with van der Waals surface area (Å²) in [5.74, 6) is -0.155. The van der Waals surface area contributed by atoms with E-state index < -0.39 is 0 Å². The number of nitrogens with zero attached hydrogens (tertiary/aromatic N) is 1. The molecule has 0 aliphatic carbocycles. The van der Waals surface area contributed by atoms with Gasteiger partial charge in [-0.1, -0.05) is 19.1 Å². The van der Waals surface area contributed by atoms with Crippen molar-refractivity contribution in [1.82, 2.24) is 0 Å². The van der Waals surface area contributed by atoms with Crippen molar-refractivity contribution in [2.75, 3.05) is 25.1 Å². The first-order chi connectivity index (χ1) is 9.15. The standard InChI is InChI=1S/C15H23FN2O/c1-3-12(17)9-11-5-4-6-14(16)15(11)18-8-7-13(10-18)19-2/h4-6,12-13H,3,7-10,17H2,1-2H3. The van der Waals surface area contributed by atoms with Crippen LogP contribution in [-0.4, -0.2) is 32.3 Å². The van der Waals surface area contributed by atoms with Crippen LogP contribution in [0.4, 0.5) is 10.1 Å². The Morgan fingerprint density at radius 1 is 1.53 bits per heavy atom. The fourth-order valence-corrected chi connectivity index (χ4v) is 2.63. The van der Waals surface area contributed by atoms with Crippen LogP contribution in [0.3, 0.4) is 0 Å². The van der Waals surface area contributed by atoms with E-state index in [1.807, 2.05) is 6.07 Å². The smallest absolute Gasteiger partial charge is 0.146 e. The maximum absolute atomic E-state index is 14.2. The van der Waals surface area contributed by atoms with Crippen LogP contribution in [0.5, 0.6) is 0 Å². The Morgan fingerprint density at radius 2 is 2.32 bits per heavy atom. The highest BCUT2D eigenvalue weighted by atomic mass is 19.1. The summed E-state index contributed by atoms with van der Waals surface area (Å²) in [6.07, 6.45) is 2.77. The zero-order valence-corrected chi connectivity index (χ0v) is 11.7. The average Bonchev–Trinajstić information content (AvgIpc) is 2.87. The number of para-hydroxylation sites is 1. The van der Waals surface area contributed by atoms with Crippen LogP contribution in [-0.2, 0) is 11.2 Å². The van der Waals surface area contributed by atoms with E-state index in [0.29, 0.717) is 5.69 Å². The summed E-state index contributed by atoms with van der Waals surface area (Å²) in [4.78, 5) is 2.08. The van der Waals surface area contributed by atoms with Crippen molar-refractivity contribution >= 4 is 5.69 Å². The highest BCUT2D eigenvalue weighted by Gasteiger charge is 2.26. The van der Waals surface area contributed by atoms with E-state index in [9.17, 15) is 4.39 Å². The minimum absolute atomic E-state index is 0.0846. The Labute approximate surface area is 114 Å². The van der Waals surface area contributed by atoms with Gasteiger partial charge >= 0.3 is 0 Å². The van der Waals surface area contributed by atoms with Crippen molar-refractivity contribution in [3.05, 3.63) is 29.6 Å². The number of halogens is 1. The fraction of sp³-hybridized carbons (Fsp3) is 0.600. The molecule has 0 bridgehead atoms. The SMILES string of the molecule is CCC(N)Cc1cccc(F)c1N1CCC(OC)C1. The third-order valence-electron chi connectivity index (χ3n) is 3.87. The molecule has 0 saturated carbocycles. The molecule has 1 aliphatic heterocycles. The van der Waals surface area contributed by atoms with Gasteiger partial charge < -0.3 is 15.4 Å². The van der Waals surface area contributed by atoms with Crippen LogP contribution in [0.15, 0.2) is 18.2 Å². The molecule has 0 radical (unpaired) electrons. The first-order valence-electron chi connectivity index (χ1n) is 6.96. The normalized spacial score (nSPS) is 20.8. The molecule has 1 aliphatic rings. The third-order valence-corrected chi connectivity index (χ3v) is 3.87. The predicted molar refractivity (Wildman–Crippen MR) is 76.0 cm³/mol. The van der Waals surface area contributed by atoms with Crippen LogP contribution >= 0.6 is 0 Å². The van der Waals surface area contributed by atoms with Gasteiger partial charge in [0.15, 0.2) is 0 Å². The maximum Gasteiger partial charge on any atom is 0.146 e. The lowest BCUT2D eigenvalue weighted by Gasteiger charge is -2.23. The van der Waals surface area contributed by atoms with Gasteiger partial charge in [0.2, 0.25) is 0 Å². The molecule has 1 fully saturated rings. The molecular formula is C15H23FN2O. The second-order valence-corrected chi connectivity index (χ2v) is 5.21. The lowest BCUT2D eigenvalue weighted by molar-refractivity contribution is 0.121. The molecule has 2 N–H and O–H groups in total. The van der Waals surface area contributed by atoms with Crippen molar-refractivity contribution in [3.8, 4) is 0 Å². The average molecular weight is 266 g/mol. The van der Waals surface area contributed by atoms with Crippen LogP contribution < -0.4 is 10.6 Å². The van der Waals surface area contributed by atoms with Gasteiger partial charge in [0.05, 0.1) is 11.8 Å². The monoisotopic (exact) mass is 266 g/mol. The van der Waals surface area contributed by atoms with Crippen LogP contribution in [0.25, 0.3) is 0 Å². The Hall–Kier alpha value is -1.13. The summed E-state index contributed by atoms with van der Waals surface area (Å²) >= 11 is 0. The summed E-state index contributed by atoms with van der Waals surface area (Å²) in [6.45, 7) is 3.65. The quantitative estimate of drug-likeness (QED) is 0.889. The van der Waals surface area contributed by atoms with E-state index in [4.69, 9.17) is 10.5 Å². The van der Waals surface area contributed by atoms with Crippen molar-refractivity contribution in [2.24, 2.45) is 5.73 Å². The molecule has 19 heavy (non-hydrogen) atoms. The van der Waals surface area contributed by atoms with Gasteiger partial charge in [-0.05, 0) is 30.9 Å². The summed E-state index contributed by atoms with van der Waals surface area (Å²) in [6, 6.07) is 5.35. The Balaban J connectivity index is 2.23. The van der Waals surface area contributed by atoms with E-state index in [-0.39, 0.29) is 18.0 Å². The van der Waals surface area contributed by atoms with Crippen LogP contribution in [0.2, 0.25) is 0 Å². The first-order valence-corrected chi connectivity index (χ1v) is 6.96. The zero-order valence-electron chi connectivity index (χ0n) is 11.7. The number of hydrogen-bond acceptors (Lipinski definition) is 3. The number of anilines is 1. The summed E-state index contributed by atoms with van der Waals surface area (Å²) in [7, 11) is 1.71. The Kier molecular flexibility index (Phi) is 4.77. The van der Waals surface area contributed by atoms with E-state index in [1.54, 1.807) is 13.2 Å². The van der Waals surface area contributed by atoms with Gasteiger partial charge in [-0.2, -0.15) is 0 Å². The minimum atomic E-state index is -0.155. The summed E-state index contributed by atoms with van der Waals surface area (Å²) in [5, 5.41) is 0. The third kappa shape index (κ3) is 3.25. The van der Waals surface area contributed by atoms with Gasteiger partial charge in [-0.3, -0.25) is 0 Å². The highest BCUT2D eigenvalue weighted by Crippen LogP contribution is 2.29. The molecule has 2 rings (SSSR count). The van der Waals surface area contributed by atoms with Gasteiger partial charge in [0.1, 0.15) is 5.82 Å². The predicted octanol–water partition coefficient (Wildman–Crippen LogP) is 2.33. The second kappa shape index (κ2) is 6.35. The second-order valence-electron chi connectivity index (χ2n) is 5.21. The van der Waals surface area contributed by atoms with E-state index in [0.717, 1.165) is 37.9 Å². The molecular weight excluding hydrogens is 243 g/mol. The summed E-state index contributed by atoms with van der Waals surface area (Å²) < 4.78 is 19.5.